The van der Waals surface area contributed by atoms with Crippen LogP contribution in [0.15, 0.2) is 12.4 Å². The predicted molar refractivity (Wildman–Crippen MR) is 57.1 cm³/mol. The van der Waals surface area contributed by atoms with Crippen molar-refractivity contribution in [3.63, 3.8) is 0 Å². The Balaban J connectivity index is 1.98. The van der Waals surface area contributed by atoms with E-state index in [1.165, 1.54) is 19.3 Å². The van der Waals surface area contributed by atoms with Crippen LogP contribution in [0.1, 0.15) is 19.3 Å². The number of nitrogens with two attached hydrogens (primary N) is 1. The van der Waals surface area contributed by atoms with Gasteiger partial charge in [-0.3, -0.25) is 4.98 Å². The molecule has 1 aliphatic rings. The quantitative estimate of drug-likeness (QED) is 0.784. The van der Waals surface area contributed by atoms with Gasteiger partial charge in [0, 0.05) is 13.6 Å². The maximum atomic E-state index is 5.57. The topological polar surface area (TPSA) is 55.0 Å². The molecule has 1 aromatic rings. The van der Waals surface area contributed by atoms with E-state index in [1.807, 2.05) is 7.05 Å². The zero-order chi connectivity index (χ0) is 9.97. The predicted octanol–water partition coefficient (Wildman–Crippen LogP) is 1.30. The first-order valence-corrected chi connectivity index (χ1v) is 5.04. The van der Waals surface area contributed by atoms with Crippen LogP contribution in [0.5, 0.6) is 0 Å². The van der Waals surface area contributed by atoms with Gasteiger partial charge >= 0.3 is 0 Å². The number of hydrogen-bond donors (Lipinski definition) is 1. The lowest BCUT2D eigenvalue weighted by molar-refractivity contribution is 0.321. The van der Waals surface area contributed by atoms with Crippen LogP contribution in [0, 0.1) is 5.92 Å². The molecular formula is C10H16N4. The molecule has 2 N–H and O–H groups in total. The first-order valence-electron chi connectivity index (χ1n) is 5.04. The summed E-state index contributed by atoms with van der Waals surface area (Å²) < 4.78 is 0. The third-order valence-corrected chi connectivity index (χ3v) is 2.79. The van der Waals surface area contributed by atoms with Gasteiger partial charge in [0.15, 0.2) is 0 Å². The number of anilines is 2. The molecule has 0 amide bonds. The van der Waals surface area contributed by atoms with Crippen LogP contribution in [0.3, 0.4) is 0 Å². The molecule has 4 heteroatoms. The second-order valence-corrected chi connectivity index (χ2v) is 3.98. The Morgan fingerprint density at radius 1 is 1.50 bits per heavy atom. The second-order valence-electron chi connectivity index (χ2n) is 3.98. The minimum atomic E-state index is 0.489. The van der Waals surface area contributed by atoms with Crippen LogP contribution in [0.4, 0.5) is 11.6 Å². The van der Waals surface area contributed by atoms with Crippen LogP contribution in [0.2, 0.25) is 0 Å². The van der Waals surface area contributed by atoms with Crippen LogP contribution in [-0.2, 0) is 0 Å². The molecule has 2 rings (SSSR count). The summed E-state index contributed by atoms with van der Waals surface area (Å²) in [6.07, 6.45) is 7.40. The van der Waals surface area contributed by atoms with Gasteiger partial charge in [0.1, 0.15) is 11.6 Å². The molecule has 0 radical (unpaired) electrons. The van der Waals surface area contributed by atoms with Gasteiger partial charge in [-0.1, -0.05) is 6.42 Å². The summed E-state index contributed by atoms with van der Waals surface area (Å²) in [7, 11) is 2.04. The summed E-state index contributed by atoms with van der Waals surface area (Å²) in [5.74, 6) is 2.20. The fourth-order valence-electron chi connectivity index (χ4n) is 1.71. The summed E-state index contributed by atoms with van der Waals surface area (Å²) in [6.45, 7) is 1.07. The Kier molecular flexibility index (Phi) is 2.52. The highest BCUT2D eigenvalue weighted by Gasteiger charge is 2.19. The molecule has 1 fully saturated rings. The van der Waals surface area contributed by atoms with Crippen molar-refractivity contribution < 1.29 is 0 Å². The Bertz CT molecular complexity index is 309. The van der Waals surface area contributed by atoms with Crippen LogP contribution in [-0.4, -0.2) is 23.6 Å². The first-order chi connectivity index (χ1) is 6.75. The highest BCUT2D eigenvalue weighted by molar-refractivity contribution is 5.40. The van der Waals surface area contributed by atoms with Crippen LogP contribution in [0.25, 0.3) is 0 Å². The largest absolute Gasteiger partial charge is 0.382 e. The van der Waals surface area contributed by atoms with Crippen molar-refractivity contribution in [2.45, 2.75) is 19.3 Å². The summed E-state index contributed by atoms with van der Waals surface area (Å²) >= 11 is 0. The fraction of sp³-hybridized carbons (Fsp3) is 0.600. The van der Waals surface area contributed by atoms with Gasteiger partial charge < -0.3 is 10.6 Å². The van der Waals surface area contributed by atoms with Gasteiger partial charge in [-0.15, -0.1) is 0 Å². The zero-order valence-electron chi connectivity index (χ0n) is 8.48. The average Bonchev–Trinajstić information content (AvgIpc) is 2.11. The van der Waals surface area contributed by atoms with Crippen molar-refractivity contribution in [2.75, 3.05) is 24.2 Å². The lowest BCUT2D eigenvalue weighted by Crippen LogP contribution is -2.30. The minimum absolute atomic E-state index is 0.489. The molecule has 4 nitrogen and oxygen atoms in total. The number of rotatable bonds is 3. The Labute approximate surface area is 84.2 Å². The number of aromatic nitrogens is 2. The summed E-state index contributed by atoms with van der Waals surface area (Å²) in [6, 6.07) is 0. The monoisotopic (exact) mass is 192 g/mol. The van der Waals surface area contributed by atoms with E-state index in [0.717, 1.165) is 18.3 Å². The van der Waals surface area contributed by atoms with Gasteiger partial charge in [0.2, 0.25) is 0 Å². The van der Waals surface area contributed by atoms with Crippen molar-refractivity contribution in [1.82, 2.24) is 9.97 Å². The Morgan fingerprint density at radius 3 is 2.86 bits per heavy atom. The number of nitrogens with zero attached hydrogens (tertiary/aromatic N) is 3. The standard InChI is InChI=1S/C10H16N4/c1-14(7-8-3-2-4-8)10-6-12-5-9(11)13-10/h5-6,8H,2-4,7H2,1H3,(H2,11,13). The molecule has 0 saturated heterocycles. The molecule has 0 spiro atoms. The van der Waals surface area contributed by atoms with E-state index in [-0.39, 0.29) is 0 Å². The molecule has 0 atom stereocenters. The van der Waals surface area contributed by atoms with Crippen molar-refractivity contribution >= 4 is 11.6 Å². The molecule has 1 aromatic heterocycles. The van der Waals surface area contributed by atoms with E-state index in [0.29, 0.717) is 5.82 Å². The maximum Gasteiger partial charge on any atom is 0.149 e. The molecule has 14 heavy (non-hydrogen) atoms. The van der Waals surface area contributed by atoms with Gasteiger partial charge in [0.25, 0.3) is 0 Å². The molecule has 0 aromatic carbocycles. The summed E-state index contributed by atoms with van der Waals surface area (Å²) in [4.78, 5) is 10.4. The molecule has 0 aliphatic heterocycles. The first kappa shape index (κ1) is 9.24. The van der Waals surface area contributed by atoms with Gasteiger partial charge in [-0.05, 0) is 18.8 Å². The van der Waals surface area contributed by atoms with E-state index < -0.39 is 0 Å². The average molecular weight is 192 g/mol. The third kappa shape index (κ3) is 1.95. The highest BCUT2D eigenvalue weighted by Crippen LogP contribution is 2.27. The highest BCUT2D eigenvalue weighted by atomic mass is 15.2. The van der Waals surface area contributed by atoms with Crippen molar-refractivity contribution in [1.29, 1.82) is 0 Å². The molecule has 76 valence electrons. The van der Waals surface area contributed by atoms with E-state index in [1.54, 1.807) is 12.4 Å². The molecule has 1 saturated carbocycles. The Hall–Kier alpha value is -1.32. The van der Waals surface area contributed by atoms with Crippen LogP contribution < -0.4 is 10.6 Å². The number of hydrogen-bond acceptors (Lipinski definition) is 4. The van der Waals surface area contributed by atoms with Gasteiger partial charge in [-0.2, -0.15) is 0 Å². The van der Waals surface area contributed by atoms with Crippen LogP contribution >= 0.6 is 0 Å². The van der Waals surface area contributed by atoms with Crippen molar-refractivity contribution in [3.8, 4) is 0 Å². The minimum Gasteiger partial charge on any atom is -0.382 e. The second kappa shape index (κ2) is 3.82. The molecule has 0 unspecified atom stereocenters. The SMILES string of the molecule is CN(CC1CCC1)c1cncc(N)n1. The third-order valence-electron chi connectivity index (χ3n) is 2.79. The van der Waals surface area contributed by atoms with Gasteiger partial charge in [-0.25, -0.2) is 4.98 Å². The van der Waals surface area contributed by atoms with E-state index >= 15 is 0 Å². The van der Waals surface area contributed by atoms with E-state index in [2.05, 4.69) is 14.9 Å². The summed E-state index contributed by atoms with van der Waals surface area (Å²) in [5.41, 5.74) is 5.57. The molecule has 1 heterocycles. The van der Waals surface area contributed by atoms with Crippen molar-refractivity contribution in [2.24, 2.45) is 5.92 Å². The van der Waals surface area contributed by atoms with E-state index in [9.17, 15) is 0 Å². The normalized spacial score (nSPS) is 16.4. The molecule has 1 aliphatic carbocycles. The fourth-order valence-corrected chi connectivity index (χ4v) is 1.71. The smallest absolute Gasteiger partial charge is 0.149 e. The van der Waals surface area contributed by atoms with Gasteiger partial charge in [0.05, 0.1) is 12.4 Å². The molecule has 0 bridgehead atoms. The zero-order valence-corrected chi connectivity index (χ0v) is 8.48. The Morgan fingerprint density at radius 2 is 2.29 bits per heavy atom. The maximum absolute atomic E-state index is 5.57. The summed E-state index contributed by atoms with van der Waals surface area (Å²) in [5, 5.41) is 0. The number of nitrogen functional groups attached to an aromatic ring is 1. The van der Waals surface area contributed by atoms with E-state index in [4.69, 9.17) is 5.73 Å². The molecular weight excluding hydrogens is 176 g/mol. The lowest BCUT2D eigenvalue weighted by atomic mass is 9.85. The van der Waals surface area contributed by atoms with Crippen molar-refractivity contribution in [3.05, 3.63) is 12.4 Å². The lowest BCUT2D eigenvalue weighted by Gasteiger charge is -2.30.